The Morgan fingerprint density at radius 2 is 1.85 bits per heavy atom. The van der Waals surface area contributed by atoms with Crippen LogP contribution in [0.5, 0.6) is 11.5 Å². The molecule has 2 aromatic carbocycles. The Balaban J connectivity index is 1.41. The number of ether oxygens (including phenoxy) is 2. The number of benzene rings is 2. The number of carbonyl (C=O) groups is 1. The first kappa shape index (κ1) is 23.8. The molecule has 9 heteroatoms. The van der Waals surface area contributed by atoms with Crippen LogP contribution in [-0.4, -0.2) is 46.9 Å². The lowest BCUT2D eigenvalue weighted by Gasteiger charge is -2.25. The predicted molar refractivity (Wildman–Crippen MR) is 134 cm³/mol. The van der Waals surface area contributed by atoms with Gasteiger partial charge in [-0.25, -0.2) is 5.43 Å². The molecule has 0 atom stereocenters. The van der Waals surface area contributed by atoms with Crippen molar-refractivity contribution in [3.63, 3.8) is 0 Å². The number of methoxy groups -OCH3 is 2. The second-order valence-electron chi connectivity index (χ2n) is 8.03. The second-order valence-corrected chi connectivity index (χ2v) is 8.97. The molecule has 8 nitrogen and oxygen atoms in total. The maximum absolute atomic E-state index is 12.4. The summed E-state index contributed by atoms with van der Waals surface area (Å²) in [6, 6.07) is 15.9. The van der Waals surface area contributed by atoms with Gasteiger partial charge in [-0.1, -0.05) is 61.4 Å². The topological polar surface area (TPSA) is 90.6 Å². The molecule has 0 saturated heterocycles. The molecule has 0 radical (unpaired) electrons. The maximum Gasteiger partial charge on any atom is 0.250 e. The average molecular weight is 480 g/mol. The van der Waals surface area contributed by atoms with E-state index in [0.717, 1.165) is 34.9 Å². The quantitative estimate of drug-likeness (QED) is 0.272. The Kier molecular flexibility index (Phi) is 8.19. The number of amides is 1. The molecule has 1 aliphatic carbocycles. The van der Waals surface area contributed by atoms with Gasteiger partial charge in [-0.05, 0) is 36.6 Å². The number of hydrogen-bond donors (Lipinski definition) is 1. The van der Waals surface area contributed by atoms with Crippen molar-refractivity contribution >= 4 is 23.9 Å². The van der Waals surface area contributed by atoms with E-state index >= 15 is 0 Å². The largest absolute Gasteiger partial charge is 0.493 e. The van der Waals surface area contributed by atoms with Crippen LogP contribution in [0.3, 0.4) is 0 Å². The van der Waals surface area contributed by atoms with E-state index in [-0.39, 0.29) is 11.7 Å². The molecule has 3 aromatic rings. The monoisotopic (exact) mass is 479 g/mol. The van der Waals surface area contributed by atoms with Crippen LogP contribution in [-0.2, 0) is 4.79 Å². The fourth-order valence-corrected chi connectivity index (χ4v) is 4.90. The summed E-state index contributed by atoms with van der Waals surface area (Å²) >= 11 is 1.39. The summed E-state index contributed by atoms with van der Waals surface area (Å²) in [6.07, 6.45) is 7.45. The van der Waals surface area contributed by atoms with Gasteiger partial charge in [0.25, 0.3) is 5.91 Å². The van der Waals surface area contributed by atoms with Crippen molar-refractivity contribution in [2.75, 3.05) is 20.0 Å². The SMILES string of the molecule is COc1ccc(/C=N/NC(=O)CSc2nnc(-c3ccccc3)n2C2CCCCC2)cc1OC. The van der Waals surface area contributed by atoms with Crippen LogP contribution in [0.25, 0.3) is 11.4 Å². The number of rotatable bonds is 9. The molecule has 1 saturated carbocycles. The van der Waals surface area contributed by atoms with Gasteiger partial charge >= 0.3 is 0 Å². The van der Waals surface area contributed by atoms with Crippen molar-refractivity contribution in [1.82, 2.24) is 20.2 Å². The first-order valence-electron chi connectivity index (χ1n) is 11.4. The lowest BCUT2D eigenvalue weighted by atomic mass is 9.95. The zero-order chi connectivity index (χ0) is 23.8. The molecule has 0 bridgehead atoms. The molecule has 0 spiro atoms. The molecule has 178 valence electrons. The van der Waals surface area contributed by atoms with Gasteiger partial charge in [-0.2, -0.15) is 5.10 Å². The molecule has 1 aliphatic rings. The van der Waals surface area contributed by atoms with Crippen molar-refractivity contribution < 1.29 is 14.3 Å². The van der Waals surface area contributed by atoms with Gasteiger partial charge in [0.05, 0.1) is 26.2 Å². The zero-order valence-corrected chi connectivity index (χ0v) is 20.3. The third-order valence-electron chi connectivity index (χ3n) is 5.78. The van der Waals surface area contributed by atoms with Crippen molar-refractivity contribution in [3.8, 4) is 22.9 Å². The number of hydrazone groups is 1. The van der Waals surface area contributed by atoms with E-state index in [4.69, 9.17) is 9.47 Å². The molecule has 1 N–H and O–H groups in total. The standard InChI is InChI=1S/C25H29N5O3S/c1-32-21-14-13-18(15-22(21)33-2)16-26-27-23(31)17-34-25-29-28-24(19-9-5-3-6-10-19)30(25)20-11-7-4-8-12-20/h3,5-6,9-10,13-16,20H,4,7-8,11-12,17H2,1-2H3,(H,27,31)/b26-16+. The normalized spacial score (nSPS) is 14.3. The fraction of sp³-hybridized carbons (Fsp3) is 0.360. The molecule has 0 unspecified atom stereocenters. The highest BCUT2D eigenvalue weighted by atomic mass is 32.2. The van der Waals surface area contributed by atoms with E-state index < -0.39 is 0 Å². The van der Waals surface area contributed by atoms with Gasteiger partial charge in [-0.3, -0.25) is 9.36 Å². The third kappa shape index (κ3) is 5.77. The van der Waals surface area contributed by atoms with Crippen LogP contribution in [0.4, 0.5) is 0 Å². The fourth-order valence-electron chi connectivity index (χ4n) is 4.10. The van der Waals surface area contributed by atoms with E-state index in [0.29, 0.717) is 17.5 Å². The number of hydrogen-bond acceptors (Lipinski definition) is 7. The Bertz CT molecular complexity index is 1130. The van der Waals surface area contributed by atoms with Gasteiger partial charge in [0, 0.05) is 11.6 Å². The highest BCUT2D eigenvalue weighted by Gasteiger charge is 2.24. The first-order chi connectivity index (χ1) is 16.7. The van der Waals surface area contributed by atoms with Crippen molar-refractivity contribution in [3.05, 3.63) is 54.1 Å². The molecule has 1 fully saturated rings. The Labute approximate surface area is 203 Å². The number of carbonyl (C=O) groups excluding carboxylic acids is 1. The smallest absolute Gasteiger partial charge is 0.250 e. The summed E-state index contributed by atoms with van der Waals surface area (Å²) in [6.45, 7) is 0. The summed E-state index contributed by atoms with van der Waals surface area (Å²) in [5.74, 6) is 2.09. The minimum atomic E-state index is -0.207. The highest BCUT2D eigenvalue weighted by molar-refractivity contribution is 7.99. The Morgan fingerprint density at radius 3 is 2.59 bits per heavy atom. The van der Waals surface area contributed by atoms with Crippen LogP contribution < -0.4 is 14.9 Å². The average Bonchev–Trinajstić information content (AvgIpc) is 3.32. The third-order valence-corrected chi connectivity index (χ3v) is 6.72. The lowest BCUT2D eigenvalue weighted by Crippen LogP contribution is -2.20. The Morgan fingerprint density at radius 1 is 1.09 bits per heavy atom. The van der Waals surface area contributed by atoms with Crippen LogP contribution in [0.2, 0.25) is 0 Å². The van der Waals surface area contributed by atoms with Gasteiger partial charge in [0.1, 0.15) is 0 Å². The molecule has 0 aliphatic heterocycles. The van der Waals surface area contributed by atoms with Crippen LogP contribution in [0.15, 0.2) is 58.8 Å². The highest BCUT2D eigenvalue weighted by Crippen LogP contribution is 2.35. The van der Waals surface area contributed by atoms with Crippen LogP contribution in [0, 0.1) is 0 Å². The Hall–Kier alpha value is -3.33. The summed E-state index contributed by atoms with van der Waals surface area (Å²) in [5.41, 5.74) is 4.41. The minimum absolute atomic E-state index is 0.197. The minimum Gasteiger partial charge on any atom is -0.493 e. The molecule has 1 amide bonds. The van der Waals surface area contributed by atoms with Crippen LogP contribution >= 0.6 is 11.8 Å². The van der Waals surface area contributed by atoms with E-state index in [1.165, 1.54) is 31.0 Å². The van der Waals surface area contributed by atoms with Gasteiger partial charge in [0.2, 0.25) is 0 Å². The van der Waals surface area contributed by atoms with E-state index in [1.54, 1.807) is 32.6 Å². The molecule has 4 rings (SSSR count). The van der Waals surface area contributed by atoms with Gasteiger partial charge < -0.3 is 9.47 Å². The molecular formula is C25H29N5O3S. The van der Waals surface area contributed by atoms with Crippen molar-refractivity contribution in [2.24, 2.45) is 5.10 Å². The summed E-state index contributed by atoms with van der Waals surface area (Å²) in [7, 11) is 3.16. The number of nitrogens with one attached hydrogen (secondary N) is 1. The van der Waals surface area contributed by atoms with E-state index in [2.05, 4.69) is 25.3 Å². The number of thioether (sulfide) groups is 1. The van der Waals surface area contributed by atoms with Crippen LogP contribution in [0.1, 0.15) is 43.7 Å². The van der Waals surface area contributed by atoms with Crippen molar-refractivity contribution in [1.29, 1.82) is 0 Å². The van der Waals surface area contributed by atoms with Gasteiger partial charge in [-0.15, -0.1) is 10.2 Å². The predicted octanol–water partition coefficient (Wildman–Crippen LogP) is 4.71. The molecule has 1 heterocycles. The summed E-state index contributed by atoms with van der Waals surface area (Å²) in [5, 5.41) is 13.8. The summed E-state index contributed by atoms with van der Waals surface area (Å²) in [4.78, 5) is 12.4. The number of nitrogens with zero attached hydrogens (tertiary/aromatic N) is 4. The molecule has 1 aromatic heterocycles. The van der Waals surface area contributed by atoms with E-state index in [1.807, 2.05) is 36.4 Å². The molecular weight excluding hydrogens is 450 g/mol. The summed E-state index contributed by atoms with van der Waals surface area (Å²) < 4.78 is 12.8. The molecule has 34 heavy (non-hydrogen) atoms. The van der Waals surface area contributed by atoms with Gasteiger partial charge in [0.15, 0.2) is 22.5 Å². The first-order valence-corrected chi connectivity index (χ1v) is 12.3. The van der Waals surface area contributed by atoms with E-state index in [9.17, 15) is 4.79 Å². The number of aromatic nitrogens is 3. The zero-order valence-electron chi connectivity index (χ0n) is 19.4. The second kappa shape index (κ2) is 11.7. The lowest BCUT2D eigenvalue weighted by molar-refractivity contribution is -0.118. The maximum atomic E-state index is 12.4. The van der Waals surface area contributed by atoms with Crippen molar-refractivity contribution in [2.45, 2.75) is 43.3 Å².